The van der Waals surface area contributed by atoms with Crippen LogP contribution in [-0.4, -0.2) is 21.6 Å². The second kappa shape index (κ2) is 7.41. The number of anilines is 1. The van der Waals surface area contributed by atoms with Gasteiger partial charge in [-0.3, -0.25) is 9.59 Å². The van der Waals surface area contributed by atoms with Gasteiger partial charge in [0.05, 0.1) is 0 Å². The molecule has 0 spiro atoms. The number of hydrogen-bond acceptors (Lipinski definition) is 3. The fraction of sp³-hybridized carbons (Fsp3) is 0.200. The number of rotatable bonds is 5. The van der Waals surface area contributed by atoms with Crippen molar-refractivity contribution in [1.29, 1.82) is 0 Å². The Morgan fingerprint density at radius 1 is 1.00 bits per heavy atom. The molecule has 2 aromatic carbocycles. The van der Waals surface area contributed by atoms with Crippen molar-refractivity contribution in [1.82, 2.24) is 9.90 Å². The largest absolute Gasteiger partial charge is 0.411 e. The number of aromatic amines is 1. The van der Waals surface area contributed by atoms with Gasteiger partial charge in [0.1, 0.15) is 0 Å². The molecule has 0 atom stereocenters. The zero-order valence-corrected chi connectivity index (χ0v) is 15.4. The predicted molar refractivity (Wildman–Crippen MR) is 101 cm³/mol. The summed E-state index contributed by atoms with van der Waals surface area (Å²) >= 11 is 0. The van der Waals surface area contributed by atoms with E-state index in [0.717, 1.165) is 11.1 Å². The van der Waals surface area contributed by atoms with Gasteiger partial charge >= 0.3 is 17.2 Å². The molecule has 7 heteroatoms. The van der Waals surface area contributed by atoms with E-state index in [0.29, 0.717) is 11.4 Å². The molecule has 1 heterocycles. The number of aryl methyl sites for hydroxylation is 2. The van der Waals surface area contributed by atoms with E-state index < -0.39 is 11.5 Å². The van der Waals surface area contributed by atoms with Gasteiger partial charge in [0, 0.05) is 5.69 Å². The fourth-order valence-corrected chi connectivity index (χ4v) is 2.69. The molecule has 27 heavy (non-hydrogen) atoms. The summed E-state index contributed by atoms with van der Waals surface area (Å²) in [5, 5.41) is 5.54. The van der Waals surface area contributed by atoms with Crippen LogP contribution in [0.5, 0.6) is 0 Å². The number of aromatic nitrogens is 3. The molecule has 1 amide bonds. The normalized spacial score (nSPS) is 10.6. The molecule has 3 aromatic rings. The van der Waals surface area contributed by atoms with Gasteiger partial charge in [-0.05, 0) is 45.0 Å². The Labute approximate surface area is 156 Å². The smallest absolute Gasteiger partial charge is 0.319 e. The molecule has 138 valence electrons. The minimum Gasteiger partial charge on any atom is -0.319 e. The number of carbonyl (C=O) groups excluding carboxylic acids is 2. The van der Waals surface area contributed by atoms with Gasteiger partial charge in [0.25, 0.3) is 0 Å². The predicted octanol–water partition coefficient (Wildman–Crippen LogP) is 1.91. The third-order valence-electron chi connectivity index (χ3n) is 4.09. The van der Waals surface area contributed by atoms with E-state index in [1.807, 2.05) is 38.1 Å². The second-order valence-electron chi connectivity index (χ2n) is 6.53. The van der Waals surface area contributed by atoms with Crippen molar-refractivity contribution in [3.63, 3.8) is 0 Å². The molecule has 0 aliphatic rings. The highest BCUT2D eigenvalue weighted by molar-refractivity contribution is 6.01. The summed E-state index contributed by atoms with van der Waals surface area (Å²) < 4.78 is 2.53. The van der Waals surface area contributed by atoms with Crippen LogP contribution in [0, 0.1) is 13.8 Å². The minimum atomic E-state index is -0.577. The highest BCUT2D eigenvalue weighted by atomic mass is 16.2. The molecule has 0 aliphatic heterocycles. The summed E-state index contributed by atoms with van der Waals surface area (Å²) in [5.74, 6) is -0.756. The monoisotopic (exact) mass is 365 g/mol. The summed E-state index contributed by atoms with van der Waals surface area (Å²) in [6, 6.07) is 14.5. The van der Waals surface area contributed by atoms with Gasteiger partial charge in [0.2, 0.25) is 0 Å². The van der Waals surface area contributed by atoms with E-state index >= 15 is 0 Å². The molecule has 0 fully saturated rings. The van der Waals surface area contributed by atoms with Crippen molar-refractivity contribution in [2.45, 2.75) is 27.3 Å². The topological polar surface area (TPSA) is 87.8 Å². The number of H-pyrrole nitrogens is 1. The van der Waals surface area contributed by atoms with Crippen LogP contribution in [0.1, 0.15) is 28.5 Å². The summed E-state index contributed by atoms with van der Waals surface area (Å²) in [4.78, 5) is 37.2. The lowest BCUT2D eigenvalue weighted by atomic mass is 10.2. The summed E-state index contributed by atoms with van der Waals surface area (Å²) in [6.07, 6.45) is 0. The molecular formula is C20H21N4O3+. The van der Waals surface area contributed by atoms with E-state index in [1.54, 1.807) is 24.3 Å². The third-order valence-corrected chi connectivity index (χ3v) is 4.09. The van der Waals surface area contributed by atoms with Crippen LogP contribution in [0.15, 0.2) is 53.3 Å². The lowest BCUT2D eigenvalue weighted by Crippen LogP contribution is -2.47. The van der Waals surface area contributed by atoms with Crippen molar-refractivity contribution in [2.24, 2.45) is 0 Å². The molecule has 0 saturated heterocycles. The van der Waals surface area contributed by atoms with E-state index in [9.17, 15) is 14.4 Å². The molecule has 0 saturated carbocycles. The van der Waals surface area contributed by atoms with Crippen molar-refractivity contribution >= 4 is 17.4 Å². The Balaban J connectivity index is 2.02. The maximum Gasteiger partial charge on any atom is 0.411 e. The van der Waals surface area contributed by atoms with Crippen molar-refractivity contribution in [3.8, 4) is 5.69 Å². The van der Waals surface area contributed by atoms with Gasteiger partial charge in [-0.2, -0.15) is 0 Å². The lowest BCUT2D eigenvalue weighted by Gasteiger charge is -2.03. The van der Waals surface area contributed by atoms with Gasteiger partial charge in [-0.25, -0.2) is 4.79 Å². The Kier molecular flexibility index (Phi) is 5.03. The Morgan fingerprint density at radius 3 is 2.11 bits per heavy atom. The Bertz CT molecular complexity index is 1040. The zero-order chi connectivity index (χ0) is 19.6. The highest BCUT2D eigenvalue weighted by Gasteiger charge is 2.29. The van der Waals surface area contributed by atoms with Crippen molar-refractivity contribution in [3.05, 3.63) is 75.7 Å². The number of hydrogen-bond donors (Lipinski definition) is 2. The number of Topliss-reactive ketones (excluding diaryl/α,β-unsaturated/α-hetero) is 1. The van der Waals surface area contributed by atoms with Gasteiger partial charge < -0.3 is 5.32 Å². The third kappa shape index (κ3) is 4.03. The van der Waals surface area contributed by atoms with E-state index in [-0.39, 0.29) is 18.0 Å². The summed E-state index contributed by atoms with van der Waals surface area (Å²) in [5.41, 5.74) is 2.60. The Hall–Kier alpha value is -3.48. The van der Waals surface area contributed by atoms with Crippen molar-refractivity contribution < 1.29 is 14.3 Å². The van der Waals surface area contributed by atoms with E-state index in [4.69, 9.17) is 0 Å². The molecule has 0 bridgehead atoms. The number of nitrogens with zero attached hydrogens (tertiary/aromatic N) is 2. The average molecular weight is 365 g/mol. The average Bonchev–Trinajstić information content (AvgIpc) is 2.93. The standard InChI is InChI=1S/C20H20N4O3/c1-13-4-8-16(9-5-13)21-19(26)18-20(27)24(22-23(18)12-15(3)25)17-10-6-14(2)7-11-17/h4-11H,12H2,1-3H3,(H-,21,22,26,27)/p+1. The number of carbonyl (C=O) groups is 2. The van der Waals surface area contributed by atoms with Crippen LogP contribution in [-0.2, 0) is 11.3 Å². The number of amides is 1. The van der Waals surface area contributed by atoms with Gasteiger partial charge in [0.15, 0.2) is 18.0 Å². The SMILES string of the molecule is CC(=O)C[n+]1[nH]n(-c2ccc(C)cc2)c(=O)c1C(=O)Nc1ccc(C)cc1. The molecule has 0 aliphatic carbocycles. The van der Waals surface area contributed by atoms with E-state index in [1.165, 1.54) is 16.3 Å². The maximum absolute atomic E-state index is 12.9. The zero-order valence-electron chi connectivity index (χ0n) is 15.4. The highest BCUT2D eigenvalue weighted by Crippen LogP contribution is 2.10. The first-order valence-corrected chi connectivity index (χ1v) is 8.54. The molecular weight excluding hydrogens is 344 g/mol. The quantitative estimate of drug-likeness (QED) is 0.677. The van der Waals surface area contributed by atoms with Crippen LogP contribution in [0.4, 0.5) is 5.69 Å². The number of benzene rings is 2. The molecule has 0 radical (unpaired) electrons. The second-order valence-corrected chi connectivity index (χ2v) is 6.53. The van der Waals surface area contributed by atoms with Crippen LogP contribution >= 0.6 is 0 Å². The fourth-order valence-electron chi connectivity index (χ4n) is 2.69. The molecule has 2 N–H and O–H groups in total. The van der Waals surface area contributed by atoms with Crippen LogP contribution < -0.4 is 15.6 Å². The van der Waals surface area contributed by atoms with E-state index in [2.05, 4.69) is 10.5 Å². The van der Waals surface area contributed by atoms with Crippen LogP contribution in [0.2, 0.25) is 0 Å². The molecule has 3 rings (SSSR count). The van der Waals surface area contributed by atoms with Gasteiger partial charge in [-0.15, -0.1) is 4.68 Å². The molecule has 0 unspecified atom stereocenters. The first-order chi connectivity index (χ1) is 12.8. The first-order valence-electron chi connectivity index (χ1n) is 8.54. The Morgan fingerprint density at radius 2 is 1.56 bits per heavy atom. The lowest BCUT2D eigenvalue weighted by molar-refractivity contribution is -0.744. The minimum absolute atomic E-state index is 0.106. The number of ketones is 1. The summed E-state index contributed by atoms with van der Waals surface area (Å²) in [6.45, 7) is 5.18. The van der Waals surface area contributed by atoms with Crippen LogP contribution in [0.3, 0.4) is 0 Å². The first kappa shape index (κ1) is 18.3. The molecule has 7 nitrogen and oxygen atoms in total. The molecule has 1 aromatic heterocycles. The van der Waals surface area contributed by atoms with Crippen molar-refractivity contribution in [2.75, 3.05) is 5.32 Å². The summed E-state index contributed by atoms with van der Waals surface area (Å²) in [7, 11) is 0. The number of nitrogens with one attached hydrogen (secondary N) is 2. The van der Waals surface area contributed by atoms with Crippen LogP contribution in [0.25, 0.3) is 5.69 Å². The van der Waals surface area contributed by atoms with Gasteiger partial charge in [-0.1, -0.05) is 45.3 Å². The maximum atomic E-state index is 12.9.